The molecule has 1 heterocycles. The number of fused-ring (bicyclic) bond motifs is 1. The molecular formula is C19H15N3OS. The summed E-state index contributed by atoms with van der Waals surface area (Å²) in [7, 11) is 0. The highest BCUT2D eigenvalue weighted by atomic mass is 32.1. The molecule has 5 heteroatoms. The lowest BCUT2D eigenvalue weighted by atomic mass is 10.1. The van der Waals surface area contributed by atoms with Crippen molar-refractivity contribution in [2.45, 2.75) is 6.54 Å². The van der Waals surface area contributed by atoms with Gasteiger partial charge in [-0.1, -0.05) is 65.9 Å². The standard InChI is InChI=1S/C19H15N3OS/c23-17-11-15-9-5-4-8-14(15)10-16(17)18-21-22-19(24-18)20-12-13-6-2-1-3-7-13/h1-11,23H,12H2,(H,20,22). The zero-order chi connectivity index (χ0) is 16.4. The molecule has 0 amide bonds. The summed E-state index contributed by atoms with van der Waals surface area (Å²) in [5.41, 5.74) is 1.89. The summed E-state index contributed by atoms with van der Waals surface area (Å²) in [6.07, 6.45) is 0. The van der Waals surface area contributed by atoms with E-state index in [1.54, 1.807) is 6.07 Å². The van der Waals surface area contributed by atoms with Crippen molar-refractivity contribution in [3.8, 4) is 16.3 Å². The third kappa shape index (κ3) is 2.94. The van der Waals surface area contributed by atoms with Crippen molar-refractivity contribution >= 4 is 27.2 Å². The Morgan fingerprint density at radius 3 is 2.38 bits per heavy atom. The third-order valence-electron chi connectivity index (χ3n) is 3.81. The summed E-state index contributed by atoms with van der Waals surface area (Å²) in [5.74, 6) is 0.222. The molecule has 118 valence electrons. The molecule has 0 fully saturated rings. The first-order valence-corrected chi connectivity index (χ1v) is 8.45. The van der Waals surface area contributed by atoms with Gasteiger partial charge in [-0.05, 0) is 28.5 Å². The number of benzene rings is 3. The average molecular weight is 333 g/mol. The molecule has 0 saturated carbocycles. The molecule has 3 aromatic carbocycles. The molecule has 0 saturated heterocycles. The number of aromatic hydroxyl groups is 1. The van der Waals surface area contributed by atoms with Gasteiger partial charge < -0.3 is 10.4 Å². The number of nitrogens with zero attached hydrogens (tertiary/aromatic N) is 2. The van der Waals surface area contributed by atoms with Gasteiger partial charge in [0.15, 0.2) is 5.01 Å². The van der Waals surface area contributed by atoms with Crippen LogP contribution in [0.3, 0.4) is 0 Å². The molecule has 2 N–H and O–H groups in total. The van der Waals surface area contributed by atoms with Crippen LogP contribution in [0.5, 0.6) is 5.75 Å². The number of nitrogens with one attached hydrogen (secondary N) is 1. The van der Waals surface area contributed by atoms with Crippen LogP contribution in [-0.4, -0.2) is 15.3 Å². The predicted molar refractivity (Wildman–Crippen MR) is 98.3 cm³/mol. The highest BCUT2D eigenvalue weighted by Gasteiger charge is 2.12. The van der Waals surface area contributed by atoms with Crippen LogP contribution in [-0.2, 0) is 6.54 Å². The summed E-state index contributed by atoms with van der Waals surface area (Å²) < 4.78 is 0. The molecule has 0 aliphatic carbocycles. The smallest absolute Gasteiger partial charge is 0.206 e. The number of aromatic nitrogens is 2. The summed E-state index contributed by atoms with van der Waals surface area (Å²) in [5, 5.41) is 25.5. The topological polar surface area (TPSA) is 58.0 Å². The molecule has 4 aromatic rings. The first-order valence-electron chi connectivity index (χ1n) is 7.63. The van der Waals surface area contributed by atoms with Crippen LogP contribution in [0.15, 0.2) is 66.7 Å². The highest BCUT2D eigenvalue weighted by Crippen LogP contribution is 2.36. The van der Waals surface area contributed by atoms with Crippen molar-refractivity contribution < 1.29 is 5.11 Å². The van der Waals surface area contributed by atoms with Gasteiger partial charge in [0, 0.05) is 6.54 Å². The Labute approximate surface area is 143 Å². The van der Waals surface area contributed by atoms with E-state index in [9.17, 15) is 5.11 Å². The number of anilines is 1. The van der Waals surface area contributed by atoms with Gasteiger partial charge in [-0.25, -0.2) is 0 Å². The van der Waals surface area contributed by atoms with E-state index in [1.165, 1.54) is 16.9 Å². The van der Waals surface area contributed by atoms with E-state index < -0.39 is 0 Å². The Morgan fingerprint density at radius 1 is 0.875 bits per heavy atom. The van der Waals surface area contributed by atoms with Crippen LogP contribution < -0.4 is 5.32 Å². The predicted octanol–water partition coefficient (Wildman–Crippen LogP) is 4.68. The number of rotatable bonds is 4. The fourth-order valence-corrected chi connectivity index (χ4v) is 3.34. The molecule has 4 nitrogen and oxygen atoms in total. The number of hydrogen-bond acceptors (Lipinski definition) is 5. The molecule has 24 heavy (non-hydrogen) atoms. The van der Waals surface area contributed by atoms with Crippen LogP contribution in [0.2, 0.25) is 0 Å². The summed E-state index contributed by atoms with van der Waals surface area (Å²) in [6.45, 7) is 0.694. The summed E-state index contributed by atoms with van der Waals surface area (Å²) in [4.78, 5) is 0. The lowest BCUT2D eigenvalue weighted by molar-refractivity contribution is 0.478. The van der Waals surface area contributed by atoms with Crippen LogP contribution in [0.4, 0.5) is 5.13 Å². The Morgan fingerprint density at radius 2 is 1.58 bits per heavy atom. The van der Waals surface area contributed by atoms with Crippen molar-refractivity contribution in [1.82, 2.24) is 10.2 Å². The molecule has 0 radical (unpaired) electrons. The van der Waals surface area contributed by atoms with E-state index in [4.69, 9.17) is 0 Å². The van der Waals surface area contributed by atoms with Crippen LogP contribution in [0.25, 0.3) is 21.3 Å². The van der Waals surface area contributed by atoms with E-state index in [1.807, 2.05) is 48.5 Å². The van der Waals surface area contributed by atoms with Crippen molar-refractivity contribution in [2.24, 2.45) is 0 Å². The van der Waals surface area contributed by atoms with Gasteiger partial charge in [0.2, 0.25) is 5.13 Å². The van der Waals surface area contributed by atoms with Crippen LogP contribution in [0.1, 0.15) is 5.56 Å². The number of phenols is 1. The lowest BCUT2D eigenvalue weighted by Gasteiger charge is -2.04. The second-order valence-electron chi connectivity index (χ2n) is 5.47. The zero-order valence-electron chi connectivity index (χ0n) is 12.8. The minimum Gasteiger partial charge on any atom is -0.507 e. The quantitative estimate of drug-likeness (QED) is 0.569. The Kier molecular flexibility index (Phi) is 3.84. The molecule has 0 spiro atoms. The SMILES string of the molecule is Oc1cc2ccccc2cc1-c1nnc(NCc2ccccc2)s1. The maximum atomic E-state index is 10.3. The normalized spacial score (nSPS) is 10.8. The Bertz CT molecular complexity index is 982. The summed E-state index contributed by atoms with van der Waals surface area (Å²) >= 11 is 1.43. The van der Waals surface area contributed by atoms with Gasteiger partial charge in [-0.3, -0.25) is 0 Å². The minimum absolute atomic E-state index is 0.222. The van der Waals surface area contributed by atoms with Crippen molar-refractivity contribution in [2.75, 3.05) is 5.32 Å². The highest BCUT2D eigenvalue weighted by molar-refractivity contribution is 7.18. The van der Waals surface area contributed by atoms with Gasteiger partial charge in [-0.2, -0.15) is 0 Å². The largest absolute Gasteiger partial charge is 0.507 e. The van der Waals surface area contributed by atoms with Crippen molar-refractivity contribution in [3.05, 3.63) is 72.3 Å². The molecule has 0 atom stereocenters. The van der Waals surface area contributed by atoms with Crippen LogP contribution in [0, 0.1) is 0 Å². The monoisotopic (exact) mass is 333 g/mol. The van der Waals surface area contributed by atoms with Crippen molar-refractivity contribution in [3.63, 3.8) is 0 Å². The molecule has 0 bridgehead atoms. The molecule has 0 aliphatic rings. The Hall–Kier alpha value is -2.92. The first-order chi connectivity index (χ1) is 11.8. The van der Waals surface area contributed by atoms with E-state index in [0.29, 0.717) is 17.1 Å². The third-order valence-corrected chi connectivity index (χ3v) is 4.72. The Balaban J connectivity index is 1.59. The van der Waals surface area contributed by atoms with Gasteiger partial charge in [0.05, 0.1) is 5.56 Å². The summed E-state index contributed by atoms with van der Waals surface area (Å²) in [6, 6.07) is 21.8. The van der Waals surface area contributed by atoms with Gasteiger partial charge >= 0.3 is 0 Å². The second-order valence-corrected chi connectivity index (χ2v) is 6.45. The molecular weight excluding hydrogens is 318 g/mol. The molecule has 1 aromatic heterocycles. The van der Waals surface area contributed by atoms with Gasteiger partial charge in [-0.15, -0.1) is 10.2 Å². The van der Waals surface area contributed by atoms with E-state index >= 15 is 0 Å². The van der Waals surface area contributed by atoms with E-state index in [2.05, 4.69) is 27.6 Å². The molecule has 0 aliphatic heterocycles. The number of hydrogen-bond donors (Lipinski definition) is 2. The maximum Gasteiger partial charge on any atom is 0.206 e. The van der Waals surface area contributed by atoms with Crippen LogP contribution >= 0.6 is 11.3 Å². The average Bonchev–Trinajstić information content (AvgIpc) is 3.09. The fraction of sp³-hybridized carbons (Fsp3) is 0.0526. The second kappa shape index (κ2) is 6.29. The zero-order valence-corrected chi connectivity index (χ0v) is 13.6. The minimum atomic E-state index is 0.222. The molecule has 0 unspecified atom stereocenters. The lowest BCUT2D eigenvalue weighted by Crippen LogP contribution is -1.98. The first kappa shape index (κ1) is 14.7. The fourth-order valence-electron chi connectivity index (χ4n) is 2.58. The maximum absolute atomic E-state index is 10.3. The molecule has 4 rings (SSSR count). The van der Waals surface area contributed by atoms with Crippen molar-refractivity contribution in [1.29, 1.82) is 0 Å². The van der Waals surface area contributed by atoms with E-state index in [-0.39, 0.29) is 5.75 Å². The number of phenolic OH excluding ortho intramolecular Hbond substituents is 1. The van der Waals surface area contributed by atoms with Gasteiger partial charge in [0.1, 0.15) is 5.75 Å². The van der Waals surface area contributed by atoms with Gasteiger partial charge in [0.25, 0.3) is 0 Å². The van der Waals surface area contributed by atoms with E-state index in [0.717, 1.165) is 15.9 Å².